The number of nitrogens with one attached hydrogen (secondary N) is 2. The summed E-state index contributed by atoms with van der Waals surface area (Å²) in [4.78, 5) is 38.9. The van der Waals surface area contributed by atoms with Crippen molar-refractivity contribution in [3.63, 3.8) is 0 Å². The Labute approximate surface area is 213 Å². The molecule has 2 amide bonds. The van der Waals surface area contributed by atoms with E-state index in [2.05, 4.69) is 41.3 Å². The van der Waals surface area contributed by atoms with Crippen LogP contribution >= 0.6 is 0 Å². The van der Waals surface area contributed by atoms with Gasteiger partial charge in [0.15, 0.2) is 5.82 Å². The lowest BCUT2D eigenvalue weighted by Gasteiger charge is -2.43. The summed E-state index contributed by atoms with van der Waals surface area (Å²) in [5.74, 6) is 2.22. The molecule has 194 valence electrons. The molecule has 0 spiro atoms. The van der Waals surface area contributed by atoms with Gasteiger partial charge in [0.1, 0.15) is 17.5 Å². The average Bonchev–Trinajstić information content (AvgIpc) is 3.40. The van der Waals surface area contributed by atoms with Crippen molar-refractivity contribution in [2.75, 3.05) is 35.8 Å². The SMILES string of the molecule is CCC1C(=O)N(C)c2cnc(Nc3ccc(C(=O)NCCC(C)C)cc3OC)nc2N1C1CCCC1. The molecule has 9 nitrogen and oxygen atoms in total. The molecule has 9 heteroatoms. The number of fused-ring (bicyclic) bond motifs is 1. The van der Waals surface area contributed by atoms with E-state index in [1.54, 1.807) is 43.5 Å². The number of carbonyl (C=O) groups excluding carboxylic acids is 2. The molecule has 2 N–H and O–H groups in total. The zero-order valence-electron chi connectivity index (χ0n) is 22.0. The highest BCUT2D eigenvalue weighted by Gasteiger charge is 2.41. The minimum Gasteiger partial charge on any atom is -0.495 e. The molecule has 2 heterocycles. The summed E-state index contributed by atoms with van der Waals surface area (Å²) in [6, 6.07) is 5.36. The van der Waals surface area contributed by atoms with Gasteiger partial charge in [0.05, 0.1) is 19.0 Å². The third kappa shape index (κ3) is 5.24. The van der Waals surface area contributed by atoms with Crippen LogP contribution in [0.15, 0.2) is 24.4 Å². The van der Waals surface area contributed by atoms with Crippen LogP contribution in [0.3, 0.4) is 0 Å². The lowest BCUT2D eigenvalue weighted by molar-refractivity contribution is -0.120. The van der Waals surface area contributed by atoms with Gasteiger partial charge in [0, 0.05) is 25.2 Å². The molecular formula is C27H38N6O3. The molecule has 0 saturated heterocycles. The van der Waals surface area contributed by atoms with E-state index < -0.39 is 0 Å². The van der Waals surface area contributed by atoms with Gasteiger partial charge in [0.25, 0.3) is 5.91 Å². The summed E-state index contributed by atoms with van der Waals surface area (Å²) >= 11 is 0. The van der Waals surface area contributed by atoms with Crippen molar-refractivity contribution in [2.24, 2.45) is 5.92 Å². The van der Waals surface area contributed by atoms with E-state index in [-0.39, 0.29) is 17.9 Å². The molecule has 36 heavy (non-hydrogen) atoms. The van der Waals surface area contributed by atoms with Crippen LogP contribution in [0, 0.1) is 5.92 Å². The number of nitrogens with zero attached hydrogens (tertiary/aromatic N) is 4. The lowest BCUT2D eigenvalue weighted by Crippen LogP contribution is -2.55. The van der Waals surface area contributed by atoms with Gasteiger partial charge in [-0.2, -0.15) is 4.98 Å². The van der Waals surface area contributed by atoms with Crippen LogP contribution in [0.1, 0.15) is 69.7 Å². The van der Waals surface area contributed by atoms with Crippen molar-refractivity contribution in [1.29, 1.82) is 0 Å². The zero-order valence-corrected chi connectivity index (χ0v) is 22.0. The quantitative estimate of drug-likeness (QED) is 0.529. The highest BCUT2D eigenvalue weighted by Crippen LogP contribution is 2.40. The van der Waals surface area contributed by atoms with Crippen LogP contribution in [-0.4, -0.2) is 54.6 Å². The van der Waals surface area contributed by atoms with Crippen LogP contribution < -0.4 is 25.2 Å². The molecule has 1 unspecified atom stereocenters. The van der Waals surface area contributed by atoms with Crippen molar-refractivity contribution in [1.82, 2.24) is 15.3 Å². The summed E-state index contributed by atoms with van der Waals surface area (Å²) in [7, 11) is 3.36. The van der Waals surface area contributed by atoms with E-state index in [9.17, 15) is 9.59 Å². The number of rotatable bonds is 9. The Balaban J connectivity index is 1.59. The maximum Gasteiger partial charge on any atom is 0.251 e. The maximum atomic E-state index is 13.1. The summed E-state index contributed by atoms with van der Waals surface area (Å²) < 4.78 is 5.57. The standard InChI is InChI=1S/C27H38N6O3/c1-6-21-26(35)32(4)22-16-29-27(31-24(22)33(21)19-9-7-8-10-19)30-20-12-11-18(15-23(20)36-5)25(34)28-14-13-17(2)3/h11-12,15-17,19,21H,6-10,13-14H2,1-5H3,(H,28,34)(H,29,30,31). The number of amides is 2. The molecule has 1 aliphatic heterocycles. The Morgan fingerprint density at radius 3 is 2.67 bits per heavy atom. The van der Waals surface area contributed by atoms with Crippen molar-refractivity contribution >= 4 is 35.0 Å². The van der Waals surface area contributed by atoms with E-state index >= 15 is 0 Å². The van der Waals surface area contributed by atoms with E-state index in [0.717, 1.165) is 37.2 Å². The Bertz CT molecular complexity index is 1100. The van der Waals surface area contributed by atoms with Gasteiger partial charge in [-0.25, -0.2) is 4.98 Å². The first kappa shape index (κ1) is 25.7. The number of hydrogen-bond donors (Lipinski definition) is 2. The van der Waals surface area contributed by atoms with Gasteiger partial charge in [-0.15, -0.1) is 0 Å². The van der Waals surface area contributed by atoms with E-state index in [0.29, 0.717) is 41.5 Å². The summed E-state index contributed by atoms with van der Waals surface area (Å²) in [6.45, 7) is 6.94. The molecular weight excluding hydrogens is 456 g/mol. The summed E-state index contributed by atoms with van der Waals surface area (Å²) in [5.41, 5.74) is 1.92. The fourth-order valence-electron chi connectivity index (χ4n) is 5.08. The van der Waals surface area contributed by atoms with E-state index in [4.69, 9.17) is 9.72 Å². The smallest absolute Gasteiger partial charge is 0.251 e. The van der Waals surface area contributed by atoms with E-state index in [1.807, 2.05) is 0 Å². The fourth-order valence-corrected chi connectivity index (χ4v) is 5.08. The second-order valence-electron chi connectivity index (χ2n) is 10.0. The van der Waals surface area contributed by atoms with Gasteiger partial charge < -0.3 is 25.2 Å². The predicted molar refractivity (Wildman–Crippen MR) is 142 cm³/mol. The number of carbonyl (C=O) groups is 2. The minimum atomic E-state index is -0.226. The number of benzene rings is 1. The first-order valence-corrected chi connectivity index (χ1v) is 13.0. The first-order valence-electron chi connectivity index (χ1n) is 13.0. The van der Waals surface area contributed by atoms with Crippen molar-refractivity contribution in [3.05, 3.63) is 30.0 Å². The molecule has 1 aromatic carbocycles. The molecule has 1 fully saturated rings. The van der Waals surface area contributed by atoms with Crippen molar-refractivity contribution < 1.29 is 14.3 Å². The lowest BCUT2D eigenvalue weighted by atomic mass is 10.0. The highest BCUT2D eigenvalue weighted by molar-refractivity contribution is 6.04. The van der Waals surface area contributed by atoms with Crippen LogP contribution in [0.5, 0.6) is 5.75 Å². The topological polar surface area (TPSA) is 99.7 Å². The molecule has 2 aromatic rings. The molecule has 1 aromatic heterocycles. The average molecular weight is 495 g/mol. The number of ether oxygens (including phenoxy) is 1. The monoisotopic (exact) mass is 494 g/mol. The van der Waals surface area contributed by atoms with Gasteiger partial charge in [-0.3, -0.25) is 9.59 Å². The molecule has 0 radical (unpaired) electrons. The largest absolute Gasteiger partial charge is 0.495 e. The number of hydrogen-bond acceptors (Lipinski definition) is 7. The van der Waals surface area contributed by atoms with Gasteiger partial charge in [-0.1, -0.05) is 33.6 Å². The number of likely N-dealkylation sites (N-methyl/N-ethyl adjacent to an activating group) is 1. The van der Waals surface area contributed by atoms with E-state index in [1.165, 1.54) is 12.8 Å². The fraction of sp³-hybridized carbons (Fsp3) is 0.556. The third-order valence-electron chi connectivity index (χ3n) is 7.13. The molecule has 1 atom stereocenters. The molecule has 2 aliphatic rings. The molecule has 4 rings (SSSR count). The summed E-state index contributed by atoms with van der Waals surface area (Å²) in [6.07, 6.45) is 7.82. The predicted octanol–water partition coefficient (Wildman–Crippen LogP) is 4.51. The van der Waals surface area contributed by atoms with Gasteiger partial charge in [0.2, 0.25) is 11.9 Å². The van der Waals surface area contributed by atoms with Crippen LogP contribution in [0.25, 0.3) is 0 Å². The third-order valence-corrected chi connectivity index (χ3v) is 7.13. The first-order chi connectivity index (χ1) is 17.3. The highest BCUT2D eigenvalue weighted by atomic mass is 16.5. The number of aromatic nitrogens is 2. The minimum absolute atomic E-state index is 0.0881. The zero-order chi connectivity index (χ0) is 25.8. The Hall–Kier alpha value is -3.36. The van der Waals surface area contributed by atoms with Crippen LogP contribution in [0.4, 0.5) is 23.1 Å². The molecule has 1 aliphatic carbocycles. The van der Waals surface area contributed by atoms with Crippen molar-refractivity contribution in [2.45, 2.75) is 71.4 Å². The van der Waals surface area contributed by atoms with Crippen LogP contribution in [-0.2, 0) is 4.79 Å². The normalized spacial score (nSPS) is 17.9. The summed E-state index contributed by atoms with van der Waals surface area (Å²) in [5, 5.41) is 6.22. The molecule has 1 saturated carbocycles. The van der Waals surface area contributed by atoms with Gasteiger partial charge in [-0.05, 0) is 49.8 Å². The second-order valence-corrected chi connectivity index (χ2v) is 10.0. The Kier molecular flexibility index (Phi) is 7.96. The van der Waals surface area contributed by atoms with Crippen molar-refractivity contribution in [3.8, 4) is 5.75 Å². The number of methoxy groups -OCH3 is 1. The second kappa shape index (κ2) is 11.1. The molecule has 0 bridgehead atoms. The maximum absolute atomic E-state index is 13.1. The van der Waals surface area contributed by atoms with Crippen LogP contribution in [0.2, 0.25) is 0 Å². The Morgan fingerprint density at radius 1 is 1.25 bits per heavy atom. The number of anilines is 4. The Morgan fingerprint density at radius 2 is 2.00 bits per heavy atom. The van der Waals surface area contributed by atoms with Gasteiger partial charge >= 0.3 is 0 Å².